The Morgan fingerprint density at radius 1 is 0.875 bits per heavy atom. The van der Waals surface area contributed by atoms with E-state index in [1.54, 1.807) is 43.3 Å². The third-order valence-electron chi connectivity index (χ3n) is 7.45. The first-order valence-corrected chi connectivity index (χ1v) is 15.3. The molecule has 0 spiro atoms. The SMILES string of the molecule is Cc1ccc(S(=O)(=O)N(CC(=O)N(Cc2ccccc2)[C@H](C)C(=O)NC2CCCC2)c2cc(C)cc(C)c2)cc1. The lowest BCUT2D eigenvalue weighted by Gasteiger charge is -2.32. The summed E-state index contributed by atoms with van der Waals surface area (Å²) in [5.41, 5.74) is 3.97. The summed E-state index contributed by atoms with van der Waals surface area (Å²) in [6, 6.07) is 20.9. The molecule has 8 heteroatoms. The Balaban J connectivity index is 1.70. The molecular formula is C32H39N3O4S. The molecule has 7 nitrogen and oxygen atoms in total. The molecule has 0 bridgehead atoms. The Morgan fingerprint density at radius 2 is 1.48 bits per heavy atom. The number of sulfonamides is 1. The van der Waals surface area contributed by atoms with Crippen LogP contribution in [0.5, 0.6) is 0 Å². The number of hydrogen-bond donors (Lipinski definition) is 1. The molecule has 2 amide bonds. The van der Waals surface area contributed by atoms with Crippen molar-refractivity contribution in [2.24, 2.45) is 0 Å². The third-order valence-corrected chi connectivity index (χ3v) is 9.23. The van der Waals surface area contributed by atoms with Gasteiger partial charge in [0.1, 0.15) is 12.6 Å². The van der Waals surface area contributed by atoms with Crippen LogP contribution in [0.15, 0.2) is 77.7 Å². The van der Waals surface area contributed by atoms with E-state index in [9.17, 15) is 18.0 Å². The van der Waals surface area contributed by atoms with Gasteiger partial charge in [-0.25, -0.2) is 8.42 Å². The smallest absolute Gasteiger partial charge is 0.264 e. The molecule has 1 aliphatic carbocycles. The van der Waals surface area contributed by atoms with E-state index in [1.807, 2.05) is 57.2 Å². The maximum absolute atomic E-state index is 14.1. The summed E-state index contributed by atoms with van der Waals surface area (Å²) in [7, 11) is -4.09. The van der Waals surface area contributed by atoms with Crippen LogP contribution in [0, 0.1) is 20.8 Å². The minimum absolute atomic E-state index is 0.103. The maximum atomic E-state index is 14.1. The van der Waals surface area contributed by atoms with Crippen molar-refractivity contribution in [1.82, 2.24) is 10.2 Å². The molecule has 0 radical (unpaired) electrons. The molecule has 4 rings (SSSR count). The fourth-order valence-corrected chi connectivity index (χ4v) is 6.61. The van der Waals surface area contributed by atoms with Crippen LogP contribution in [-0.4, -0.2) is 43.8 Å². The zero-order valence-corrected chi connectivity index (χ0v) is 24.6. The number of aryl methyl sites for hydroxylation is 3. The molecule has 1 atom stereocenters. The zero-order chi connectivity index (χ0) is 28.9. The lowest BCUT2D eigenvalue weighted by atomic mass is 10.1. The van der Waals surface area contributed by atoms with Gasteiger partial charge in [-0.15, -0.1) is 0 Å². The Kier molecular flexibility index (Phi) is 9.30. The predicted octanol–water partition coefficient (Wildman–Crippen LogP) is 5.28. The first-order valence-electron chi connectivity index (χ1n) is 13.9. The average molecular weight is 562 g/mol. The van der Waals surface area contributed by atoms with E-state index >= 15 is 0 Å². The van der Waals surface area contributed by atoms with Gasteiger partial charge in [-0.05, 0) is 81.5 Å². The summed E-state index contributed by atoms with van der Waals surface area (Å²) in [6.07, 6.45) is 4.02. The van der Waals surface area contributed by atoms with Crippen LogP contribution >= 0.6 is 0 Å². The standard InChI is InChI=1S/C32H39N3O4S/c1-23-14-16-30(17-15-23)40(38,39)35(29-19-24(2)18-25(3)20-29)22-31(36)34(21-27-10-6-5-7-11-27)26(4)32(37)33-28-12-8-9-13-28/h5-7,10-11,14-20,26,28H,8-9,12-13,21-22H2,1-4H3,(H,33,37)/t26-/m1/s1. The number of nitrogens with zero attached hydrogens (tertiary/aromatic N) is 2. The fourth-order valence-electron chi connectivity index (χ4n) is 5.22. The van der Waals surface area contributed by atoms with Crippen molar-refractivity contribution < 1.29 is 18.0 Å². The normalized spacial score (nSPS) is 14.5. The van der Waals surface area contributed by atoms with Crippen molar-refractivity contribution in [3.63, 3.8) is 0 Å². The van der Waals surface area contributed by atoms with Gasteiger partial charge in [0.2, 0.25) is 11.8 Å². The third kappa shape index (κ3) is 7.10. The van der Waals surface area contributed by atoms with Gasteiger partial charge in [-0.1, -0.05) is 66.9 Å². The van der Waals surface area contributed by atoms with E-state index in [4.69, 9.17) is 0 Å². The first-order chi connectivity index (χ1) is 19.0. The van der Waals surface area contributed by atoms with Crippen molar-refractivity contribution in [2.45, 2.75) is 76.9 Å². The molecule has 1 saturated carbocycles. The van der Waals surface area contributed by atoms with E-state index in [-0.39, 0.29) is 23.4 Å². The van der Waals surface area contributed by atoms with Gasteiger partial charge in [0.15, 0.2) is 0 Å². The molecule has 3 aromatic carbocycles. The van der Waals surface area contributed by atoms with Gasteiger partial charge in [-0.3, -0.25) is 13.9 Å². The summed E-state index contributed by atoms with van der Waals surface area (Å²) in [6.45, 7) is 7.14. The molecule has 0 saturated heterocycles. The summed E-state index contributed by atoms with van der Waals surface area (Å²) in [5, 5.41) is 3.10. The minimum Gasteiger partial charge on any atom is -0.352 e. The van der Waals surface area contributed by atoms with Gasteiger partial charge in [0.25, 0.3) is 10.0 Å². The Hall–Kier alpha value is -3.65. The van der Waals surface area contributed by atoms with E-state index in [0.29, 0.717) is 5.69 Å². The van der Waals surface area contributed by atoms with Crippen molar-refractivity contribution in [3.05, 3.63) is 95.1 Å². The average Bonchev–Trinajstić information content (AvgIpc) is 3.43. The van der Waals surface area contributed by atoms with Crippen LogP contribution in [-0.2, 0) is 26.2 Å². The molecule has 1 fully saturated rings. The predicted molar refractivity (Wildman–Crippen MR) is 158 cm³/mol. The highest BCUT2D eigenvalue weighted by molar-refractivity contribution is 7.92. The zero-order valence-electron chi connectivity index (χ0n) is 23.8. The van der Waals surface area contributed by atoms with Crippen LogP contribution in [0.1, 0.15) is 54.9 Å². The van der Waals surface area contributed by atoms with Crippen LogP contribution < -0.4 is 9.62 Å². The van der Waals surface area contributed by atoms with Gasteiger partial charge >= 0.3 is 0 Å². The second-order valence-electron chi connectivity index (χ2n) is 10.8. The number of hydrogen-bond acceptors (Lipinski definition) is 4. The Labute approximate surface area is 238 Å². The molecule has 1 aliphatic rings. The number of anilines is 1. The van der Waals surface area contributed by atoms with E-state index in [2.05, 4.69) is 5.32 Å². The van der Waals surface area contributed by atoms with E-state index < -0.39 is 28.5 Å². The molecule has 1 N–H and O–H groups in total. The summed E-state index contributed by atoms with van der Waals surface area (Å²) in [4.78, 5) is 28.9. The number of rotatable bonds is 10. The highest BCUT2D eigenvalue weighted by atomic mass is 32.2. The number of nitrogens with one attached hydrogen (secondary N) is 1. The highest BCUT2D eigenvalue weighted by Gasteiger charge is 2.33. The molecule has 0 unspecified atom stereocenters. The van der Waals surface area contributed by atoms with E-state index in [1.165, 1.54) is 9.21 Å². The molecule has 0 aliphatic heterocycles. The molecule has 0 heterocycles. The van der Waals surface area contributed by atoms with Crippen molar-refractivity contribution in [2.75, 3.05) is 10.8 Å². The molecule has 40 heavy (non-hydrogen) atoms. The molecular weight excluding hydrogens is 522 g/mol. The van der Waals surface area contributed by atoms with Crippen molar-refractivity contribution >= 4 is 27.5 Å². The fraction of sp³-hybridized carbons (Fsp3) is 0.375. The van der Waals surface area contributed by atoms with Crippen LogP contribution in [0.25, 0.3) is 0 Å². The van der Waals surface area contributed by atoms with Gasteiger partial charge in [0, 0.05) is 12.6 Å². The summed E-state index contributed by atoms with van der Waals surface area (Å²) in [5.74, 6) is -0.678. The number of amides is 2. The number of carbonyl (C=O) groups excluding carboxylic acids is 2. The second-order valence-corrected chi connectivity index (χ2v) is 12.7. The molecule has 212 valence electrons. The quantitative estimate of drug-likeness (QED) is 0.365. The highest BCUT2D eigenvalue weighted by Crippen LogP contribution is 2.27. The summed E-state index contributed by atoms with van der Waals surface area (Å²) >= 11 is 0. The minimum atomic E-state index is -4.09. The molecule has 0 aromatic heterocycles. The lowest BCUT2D eigenvalue weighted by molar-refractivity contribution is -0.139. The number of carbonyl (C=O) groups is 2. The monoisotopic (exact) mass is 561 g/mol. The van der Waals surface area contributed by atoms with Gasteiger partial charge < -0.3 is 10.2 Å². The first kappa shape index (κ1) is 29.3. The second kappa shape index (κ2) is 12.7. The maximum Gasteiger partial charge on any atom is 0.264 e. The van der Waals surface area contributed by atoms with Gasteiger partial charge in [0.05, 0.1) is 10.6 Å². The van der Waals surface area contributed by atoms with Crippen molar-refractivity contribution in [1.29, 1.82) is 0 Å². The van der Waals surface area contributed by atoms with Crippen molar-refractivity contribution in [3.8, 4) is 0 Å². The molecule has 3 aromatic rings. The summed E-state index contributed by atoms with van der Waals surface area (Å²) < 4.78 is 29.2. The van der Waals surface area contributed by atoms with Crippen LogP contribution in [0.4, 0.5) is 5.69 Å². The van der Waals surface area contributed by atoms with E-state index in [0.717, 1.165) is 47.9 Å². The van der Waals surface area contributed by atoms with Gasteiger partial charge in [-0.2, -0.15) is 0 Å². The number of benzene rings is 3. The Bertz CT molecular complexity index is 1410. The Morgan fingerprint density at radius 3 is 2.08 bits per heavy atom. The topological polar surface area (TPSA) is 86.8 Å². The van der Waals surface area contributed by atoms with Crippen LogP contribution in [0.3, 0.4) is 0 Å². The largest absolute Gasteiger partial charge is 0.352 e. The van der Waals surface area contributed by atoms with Crippen LogP contribution in [0.2, 0.25) is 0 Å². The lowest BCUT2D eigenvalue weighted by Crippen LogP contribution is -2.52.